The molecule has 0 saturated carbocycles. The molecule has 4 heteroatoms. The Bertz CT molecular complexity index is 4330. The van der Waals surface area contributed by atoms with Crippen LogP contribution in [-0.4, -0.2) is 0 Å². The summed E-state index contributed by atoms with van der Waals surface area (Å²) in [7, 11) is 0. The van der Waals surface area contributed by atoms with Crippen molar-refractivity contribution in [3.8, 4) is 22.3 Å². The van der Waals surface area contributed by atoms with Crippen LogP contribution in [-0.2, 0) is 10.8 Å². The predicted molar refractivity (Wildman–Crippen MR) is 311 cm³/mol. The van der Waals surface area contributed by atoms with Crippen LogP contribution in [0.3, 0.4) is 0 Å². The molecule has 0 amide bonds. The molecular formula is C70H48N2OS. The summed E-state index contributed by atoms with van der Waals surface area (Å²) in [4.78, 5) is 5.02. The first-order chi connectivity index (χ1) is 36.5. The Morgan fingerprint density at radius 1 is 0.351 bits per heavy atom. The van der Waals surface area contributed by atoms with Gasteiger partial charge >= 0.3 is 0 Å². The number of thiophene rings is 1. The van der Waals surface area contributed by atoms with E-state index in [1.54, 1.807) is 0 Å². The molecule has 0 fully saturated rings. The van der Waals surface area contributed by atoms with Crippen molar-refractivity contribution in [3.63, 3.8) is 0 Å². The van der Waals surface area contributed by atoms with Crippen molar-refractivity contribution in [2.24, 2.45) is 0 Å². The predicted octanol–water partition coefficient (Wildman–Crippen LogP) is 19.6. The summed E-state index contributed by atoms with van der Waals surface area (Å²) in [6, 6.07) is 94.1. The van der Waals surface area contributed by atoms with Crippen molar-refractivity contribution in [2.75, 3.05) is 9.80 Å². The van der Waals surface area contributed by atoms with Crippen LogP contribution in [0.25, 0.3) is 64.4 Å². The Balaban J connectivity index is 1.02. The first kappa shape index (κ1) is 42.7. The van der Waals surface area contributed by atoms with Crippen LogP contribution in [0.2, 0.25) is 0 Å². The van der Waals surface area contributed by atoms with Crippen LogP contribution in [0.4, 0.5) is 34.1 Å². The quantitative estimate of drug-likeness (QED) is 0.151. The largest absolute Gasteiger partial charge is 0.456 e. The van der Waals surface area contributed by atoms with Gasteiger partial charge in [-0.2, -0.15) is 0 Å². The minimum Gasteiger partial charge on any atom is -0.456 e. The van der Waals surface area contributed by atoms with Gasteiger partial charge in [0.05, 0.1) is 27.9 Å². The second-order valence-corrected chi connectivity index (χ2v) is 21.4. The molecule has 2 heterocycles. The highest BCUT2D eigenvalue weighted by atomic mass is 32.1. The second kappa shape index (κ2) is 16.3. The van der Waals surface area contributed by atoms with Gasteiger partial charge in [0.15, 0.2) is 0 Å². The van der Waals surface area contributed by atoms with E-state index in [4.69, 9.17) is 4.42 Å². The topological polar surface area (TPSA) is 19.6 Å². The molecule has 0 saturated heterocycles. The van der Waals surface area contributed by atoms with Gasteiger partial charge in [0.25, 0.3) is 0 Å². The lowest BCUT2D eigenvalue weighted by Gasteiger charge is -2.34. The maximum Gasteiger partial charge on any atom is 0.137 e. The summed E-state index contributed by atoms with van der Waals surface area (Å²) in [6.07, 6.45) is 0. The molecule has 11 aromatic carbocycles. The molecule has 0 aliphatic heterocycles. The van der Waals surface area contributed by atoms with Crippen LogP contribution in [0.15, 0.2) is 259 Å². The fourth-order valence-electron chi connectivity index (χ4n) is 13.0. The molecule has 0 atom stereocenters. The number of hydrogen-bond acceptors (Lipinski definition) is 4. The van der Waals surface area contributed by atoms with E-state index in [1.807, 2.05) is 11.3 Å². The van der Waals surface area contributed by atoms with E-state index in [9.17, 15) is 0 Å². The summed E-state index contributed by atoms with van der Waals surface area (Å²) >= 11 is 1.86. The molecule has 15 rings (SSSR count). The Hall–Kier alpha value is -8.96. The zero-order chi connectivity index (χ0) is 49.1. The zero-order valence-electron chi connectivity index (χ0n) is 41.0. The summed E-state index contributed by atoms with van der Waals surface area (Å²) in [5, 5.41) is 4.72. The Kier molecular flexibility index (Phi) is 9.39. The molecule has 0 radical (unpaired) electrons. The van der Waals surface area contributed by atoms with Crippen LogP contribution in [0.5, 0.6) is 0 Å². The van der Waals surface area contributed by atoms with Gasteiger partial charge in [0.2, 0.25) is 0 Å². The van der Waals surface area contributed by atoms with Gasteiger partial charge in [-0.1, -0.05) is 202 Å². The number of nitrogens with zero attached hydrogens (tertiary/aromatic N) is 2. The zero-order valence-corrected chi connectivity index (χ0v) is 41.8. The lowest BCUT2D eigenvalue weighted by atomic mass is 9.68. The van der Waals surface area contributed by atoms with Crippen molar-refractivity contribution < 1.29 is 4.42 Å². The fraction of sp³-hybridized carbons (Fsp3) is 0.0571. The standard InChI is InChI=1S/C70H48N2OS/c1-69(2)55-31-13-9-28-52(55)66-57(69)33-18-35-59(66)71(49-41-42-51-50-27-12-16-40-64(50)74-65(51)44-49)47-25-17-26-48(43-47)72(61-37-20-39-63-68(61)54-30-11-15-38-62(54)73-63)60-36-19-34-58-67(60)53-29-10-14-32-56(53)70(58,45-21-5-3-6-22-45)46-23-7-4-8-24-46/h3-44H,1-2H3. The van der Waals surface area contributed by atoms with Gasteiger partial charge in [-0.05, 0) is 111 Å². The second-order valence-electron chi connectivity index (χ2n) is 20.3. The molecule has 0 bridgehead atoms. The van der Waals surface area contributed by atoms with E-state index in [0.29, 0.717) is 0 Å². The summed E-state index contributed by atoms with van der Waals surface area (Å²) in [5.41, 5.74) is 20.1. The monoisotopic (exact) mass is 964 g/mol. The number of furan rings is 1. The van der Waals surface area contributed by atoms with Crippen molar-refractivity contribution in [1.82, 2.24) is 0 Å². The smallest absolute Gasteiger partial charge is 0.137 e. The number of rotatable bonds is 8. The number of fused-ring (bicyclic) bond motifs is 12. The van der Waals surface area contributed by atoms with Crippen molar-refractivity contribution in [3.05, 3.63) is 288 Å². The minimum absolute atomic E-state index is 0.174. The minimum atomic E-state index is -0.577. The summed E-state index contributed by atoms with van der Waals surface area (Å²) in [5.74, 6) is 0. The number of para-hydroxylation sites is 1. The van der Waals surface area contributed by atoms with Gasteiger partial charge in [-0.3, -0.25) is 0 Å². The SMILES string of the molecule is CC1(C)c2ccccc2-c2c(N(c3cccc(N(c4cccc5c4-c4ccccc4C5(c4ccccc4)c4ccccc4)c4cccc5oc6ccccc6c45)c3)c3ccc4c(c3)sc3ccccc34)cccc21. The molecule has 74 heavy (non-hydrogen) atoms. The number of anilines is 6. The molecule has 13 aromatic rings. The maximum atomic E-state index is 6.70. The molecule has 2 aliphatic rings. The fourth-order valence-corrected chi connectivity index (χ4v) is 14.1. The van der Waals surface area contributed by atoms with Gasteiger partial charge in [0.1, 0.15) is 11.2 Å². The number of benzene rings is 11. The van der Waals surface area contributed by atoms with E-state index in [2.05, 4.69) is 278 Å². The van der Waals surface area contributed by atoms with Gasteiger partial charge in [-0.25, -0.2) is 0 Å². The van der Waals surface area contributed by atoms with E-state index in [1.165, 1.54) is 75.8 Å². The highest BCUT2D eigenvalue weighted by molar-refractivity contribution is 7.25. The average molecular weight is 965 g/mol. The van der Waals surface area contributed by atoms with Crippen LogP contribution < -0.4 is 9.80 Å². The van der Waals surface area contributed by atoms with Crippen molar-refractivity contribution >= 4 is 87.6 Å². The van der Waals surface area contributed by atoms with E-state index < -0.39 is 5.41 Å². The Labute approximate surface area is 434 Å². The Morgan fingerprint density at radius 2 is 0.865 bits per heavy atom. The summed E-state index contributed by atoms with van der Waals surface area (Å²) in [6.45, 7) is 4.74. The molecule has 0 N–H and O–H groups in total. The van der Waals surface area contributed by atoms with Gasteiger partial charge in [-0.15, -0.1) is 11.3 Å². The summed E-state index contributed by atoms with van der Waals surface area (Å²) < 4.78 is 9.26. The lowest BCUT2D eigenvalue weighted by Crippen LogP contribution is -2.28. The molecule has 2 aromatic heterocycles. The number of hydrogen-bond donors (Lipinski definition) is 0. The van der Waals surface area contributed by atoms with Crippen LogP contribution in [0, 0.1) is 0 Å². The third kappa shape index (κ3) is 6.06. The normalized spacial score (nSPS) is 13.8. The third-order valence-electron chi connectivity index (χ3n) is 16.1. The average Bonchev–Trinajstić information content (AvgIpc) is 4.18. The highest BCUT2D eigenvalue weighted by Gasteiger charge is 2.47. The molecule has 3 nitrogen and oxygen atoms in total. The van der Waals surface area contributed by atoms with Crippen LogP contribution >= 0.6 is 11.3 Å². The van der Waals surface area contributed by atoms with Crippen molar-refractivity contribution in [1.29, 1.82) is 0 Å². The molecular weight excluding hydrogens is 917 g/mol. The van der Waals surface area contributed by atoms with E-state index in [0.717, 1.165) is 56.1 Å². The first-order valence-corrected chi connectivity index (χ1v) is 26.4. The van der Waals surface area contributed by atoms with E-state index in [-0.39, 0.29) is 5.41 Å². The molecule has 350 valence electrons. The lowest BCUT2D eigenvalue weighted by molar-refractivity contribution is 0.660. The Morgan fingerprint density at radius 3 is 1.64 bits per heavy atom. The highest BCUT2D eigenvalue weighted by Crippen LogP contribution is 2.61. The van der Waals surface area contributed by atoms with Crippen LogP contribution in [0.1, 0.15) is 47.2 Å². The first-order valence-electron chi connectivity index (χ1n) is 25.6. The third-order valence-corrected chi connectivity index (χ3v) is 17.2. The maximum absolute atomic E-state index is 6.70. The molecule has 0 spiro atoms. The van der Waals surface area contributed by atoms with Crippen molar-refractivity contribution in [2.45, 2.75) is 24.7 Å². The molecule has 0 unspecified atom stereocenters. The van der Waals surface area contributed by atoms with Gasteiger partial charge in [0, 0.05) is 59.2 Å². The van der Waals surface area contributed by atoms with Gasteiger partial charge < -0.3 is 14.2 Å². The molecule has 2 aliphatic carbocycles. The van der Waals surface area contributed by atoms with E-state index >= 15 is 0 Å².